The maximum atomic E-state index is 12.7. The van der Waals surface area contributed by atoms with Crippen LogP contribution in [0.15, 0.2) is 41.3 Å². The lowest BCUT2D eigenvalue weighted by atomic mass is 10.2. The van der Waals surface area contributed by atoms with Crippen molar-refractivity contribution >= 4 is 38.3 Å². The highest BCUT2D eigenvalue weighted by Gasteiger charge is 2.19. The molecule has 0 unspecified atom stereocenters. The van der Waals surface area contributed by atoms with Crippen LogP contribution in [0.4, 0.5) is 5.69 Å². The number of benzene rings is 2. The molecular formula is C17H18ClN3O2S. The summed E-state index contributed by atoms with van der Waals surface area (Å²) in [7, 11) is -3.71. The van der Waals surface area contributed by atoms with Gasteiger partial charge in [-0.2, -0.15) is 0 Å². The highest BCUT2D eigenvalue weighted by Crippen LogP contribution is 2.26. The number of anilines is 1. The number of halogens is 1. The zero-order valence-electron chi connectivity index (χ0n) is 13.7. The molecule has 0 fully saturated rings. The molecule has 0 bridgehead atoms. The van der Waals surface area contributed by atoms with Gasteiger partial charge in [0.05, 0.1) is 21.6 Å². The fourth-order valence-corrected chi connectivity index (χ4v) is 4.34. The van der Waals surface area contributed by atoms with Crippen LogP contribution in [0.5, 0.6) is 0 Å². The van der Waals surface area contributed by atoms with Crippen molar-refractivity contribution in [1.29, 1.82) is 0 Å². The predicted molar refractivity (Wildman–Crippen MR) is 97.1 cm³/mol. The smallest absolute Gasteiger partial charge is 0.262 e. The molecule has 7 heteroatoms. The number of hydrogen-bond acceptors (Lipinski definition) is 3. The fraction of sp³-hybridized carbons (Fsp3) is 0.235. The van der Waals surface area contributed by atoms with E-state index in [2.05, 4.69) is 9.71 Å². The first kappa shape index (κ1) is 16.8. The van der Waals surface area contributed by atoms with E-state index in [1.54, 1.807) is 37.3 Å². The molecule has 0 saturated heterocycles. The van der Waals surface area contributed by atoms with Crippen LogP contribution in [0.25, 0.3) is 11.0 Å². The van der Waals surface area contributed by atoms with Gasteiger partial charge in [-0.15, -0.1) is 0 Å². The third kappa shape index (κ3) is 2.87. The van der Waals surface area contributed by atoms with Gasteiger partial charge in [-0.3, -0.25) is 4.72 Å². The van der Waals surface area contributed by atoms with Gasteiger partial charge in [-0.1, -0.05) is 17.7 Å². The van der Waals surface area contributed by atoms with Crippen molar-refractivity contribution in [3.05, 3.63) is 52.8 Å². The Morgan fingerprint density at radius 3 is 2.67 bits per heavy atom. The van der Waals surface area contributed by atoms with E-state index in [0.717, 1.165) is 23.4 Å². The third-order valence-electron chi connectivity index (χ3n) is 4.02. The molecule has 0 radical (unpaired) electrons. The van der Waals surface area contributed by atoms with Crippen molar-refractivity contribution in [2.24, 2.45) is 0 Å². The molecule has 0 aliphatic rings. The number of rotatable bonds is 4. The van der Waals surface area contributed by atoms with E-state index < -0.39 is 10.0 Å². The van der Waals surface area contributed by atoms with Gasteiger partial charge in [0.1, 0.15) is 5.82 Å². The fourth-order valence-electron chi connectivity index (χ4n) is 2.79. The molecule has 0 spiro atoms. The summed E-state index contributed by atoms with van der Waals surface area (Å²) < 4.78 is 30.0. The number of imidazole rings is 1. The molecular weight excluding hydrogens is 346 g/mol. The molecule has 0 saturated carbocycles. The van der Waals surface area contributed by atoms with Crippen LogP contribution in [0.1, 0.15) is 18.3 Å². The molecule has 0 aliphatic heterocycles. The van der Waals surface area contributed by atoms with Crippen molar-refractivity contribution in [3.63, 3.8) is 0 Å². The SMILES string of the molecule is CCn1c(C)nc2ccc(NS(=O)(=O)c3cccc(Cl)c3C)cc21. The van der Waals surface area contributed by atoms with Crippen LogP contribution in [0.2, 0.25) is 5.02 Å². The maximum absolute atomic E-state index is 12.7. The molecule has 3 aromatic rings. The van der Waals surface area contributed by atoms with Crippen LogP contribution < -0.4 is 4.72 Å². The lowest BCUT2D eigenvalue weighted by Gasteiger charge is -2.11. The van der Waals surface area contributed by atoms with Gasteiger partial charge in [-0.25, -0.2) is 13.4 Å². The number of fused-ring (bicyclic) bond motifs is 1. The van der Waals surface area contributed by atoms with E-state index in [1.807, 2.05) is 24.5 Å². The van der Waals surface area contributed by atoms with E-state index >= 15 is 0 Å². The molecule has 0 aliphatic carbocycles. The van der Waals surface area contributed by atoms with E-state index in [0.29, 0.717) is 16.3 Å². The number of sulfonamides is 1. The van der Waals surface area contributed by atoms with Crippen molar-refractivity contribution in [2.75, 3.05) is 4.72 Å². The largest absolute Gasteiger partial charge is 0.328 e. The average molecular weight is 364 g/mol. The molecule has 24 heavy (non-hydrogen) atoms. The quantitative estimate of drug-likeness (QED) is 0.758. The monoisotopic (exact) mass is 363 g/mol. The predicted octanol–water partition coefficient (Wildman–Crippen LogP) is 4.13. The average Bonchev–Trinajstić information content (AvgIpc) is 2.84. The molecule has 0 amide bonds. The summed E-state index contributed by atoms with van der Waals surface area (Å²) >= 11 is 6.04. The second kappa shape index (κ2) is 6.11. The Morgan fingerprint density at radius 1 is 1.21 bits per heavy atom. The zero-order chi connectivity index (χ0) is 17.5. The molecule has 126 valence electrons. The van der Waals surface area contributed by atoms with Crippen molar-refractivity contribution in [2.45, 2.75) is 32.2 Å². The molecule has 1 aromatic heterocycles. The highest BCUT2D eigenvalue weighted by molar-refractivity contribution is 7.92. The van der Waals surface area contributed by atoms with Crippen LogP contribution in [0.3, 0.4) is 0 Å². The Labute approximate surface area is 146 Å². The maximum Gasteiger partial charge on any atom is 0.262 e. The van der Waals surface area contributed by atoms with Crippen molar-refractivity contribution in [3.8, 4) is 0 Å². The lowest BCUT2D eigenvalue weighted by molar-refractivity contribution is 0.600. The third-order valence-corrected chi connectivity index (χ3v) is 5.95. The van der Waals surface area contributed by atoms with Gasteiger partial charge in [-0.05, 0) is 56.7 Å². The molecule has 0 atom stereocenters. The first-order chi connectivity index (χ1) is 11.3. The minimum absolute atomic E-state index is 0.176. The molecule has 1 N–H and O–H groups in total. The highest BCUT2D eigenvalue weighted by atomic mass is 35.5. The van der Waals surface area contributed by atoms with Gasteiger partial charge >= 0.3 is 0 Å². The summed E-state index contributed by atoms with van der Waals surface area (Å²) in [5.74, 6) is 0.901. The zero-order valence-corrected chi connectivity index (χ0v) is 15.2. The summed E-state index contributed by atoms with van der Waals surface area (Å²) in [6.07, 6.45) is 0. The van der Waals surface area contributed by atoms with E-state index in [4.69, 9.17) is 11.6 Å². The summed E-state index contributed by atoms with van der Waals surface area (Å²) in [6.45, 7) is 6.42. The second-order valence-corrected chi connectivity index (χ2v) is 7.63. The molecule has 3 rings (SSSR count). The number of aromatic nitrogens is 2. The Kier molecular flexibility index (Phi) is 4.27. The number of nitrogens with one attached hydrogen (secondary N) is 1. The molecule has 2 aromatic carbocycles. The Hall–Kier alpha value is -2.05. The Balaban J connectivity index is 2.04. The van der Waals surface area contributed by atoms with Gasteiger partial charge in [0.2, 0.25) is 0 Å². The Morgan fingerprint density at radius 2 is 1.96 bits per heavy atom. The summed E-state index contributed by atoms with van der Waals surface area (Å²) in [5, 5.41) is 0.424. The topological polar surface area (TPSA) is 64.0 Å². The number of aryl methyl sites for hydroxylation is 2. The first-order valence-corrected chi connectivity index (χ1v) is 9.44. The van der Waals surface area contributed by atoms with Gasteiger partial charge in [0.15, 0.2) is 0 Å². The molecule has 1 heterocycles. The second-order valence-electron chi connectivity index (χ2n) is 5.58. The van der Waals surface area contributed by atoms with E-state index in [1.165, 1.54) is 0 Å². The van der Waals surface area contributed by atoms with Gasteiger partial charge in [0.25, 0.3) is 10.0 Å². The van der Waals surface area contributed by atoms with Crippen LogP contribution >= 0.6 is 11.6 Å². The lowest BCUT2D eigenvalue weighted by Crippen LogP contribution is -2.14. The Bertz CT molecular complexity index is 1030. The first-order valence-electron chi connectivity index (χ1n) is 7.58. The normalized spacial score (nSPS) is 11.8. The van der Waals surface area contributed by atoms with E-state index in [9.17, 15) is 8.42 Å². The number of nitrogens with zero attached hydrogens (tertiary/aromatic N) is 2. The van der Waals surface area contributed by atoms with Crippen molar-refractivity contribution < 1.29 is 8.42 Å². The summed E-state index contributed by atoms with van der Waals surface area (Å²) in [5.41, 5.74) is 2.77. The standard InChI is InChI=1S/C17H18ClN3O2S/c1-4-21-12(3)19-15-9-8-13(10-16(15)21)20-24(22,23)17-7-5-6-14(18)11(17)2/h5-10,20H,4H2,1-3H3. The van der Waals surface area contributed by atoms with E-state index in [-0.39, 0.29) is 4.90 Å². The van der Waals surface area contributed by atoms with Crippen LogP contribution in [-0.2, 0) is 16.6 Å². The van der Waals surface area contributed by atoms with Gasteiger partial charge in [0, 0.05) is 11.6 Å². The number of hydrogen-bond donors (Lipinski definition) is 1. The van der Waals surface area contributed by atoms with Crippen molar-refractivity contribution in [1.82, 2.24) is 9.55 Å². The molecule has 5 nitrogen and oxygen atoms in total. The van der Waals surface area contributed by atoms with Crippen LogP contribution in [-0.4, -0.2) is 18.0 Å². The summed E-state index contributed by atoms with van der Waals surface area (Å²) in [4.78, 5) is 4.65. The van der Waals surface area contributed by atoms with Crippen LogP contribution in [0, 0.1) is 13.8 Å². The minimum atomic E-state index is -3.71. The minimum Gasteiger partial charge on any atom is -0.328 e. The summed E-state index contributed by atoms with van der Waals surface area (Å²) in [6, 6.07) is 10.2. The van der Waals surface area contributed by atoms with Gasteiger partial charge < -0.3 is 4.57 Å².